The van der Waals surface area contributed by atoms with Crippen LogP contribution in [0.15, 0.2) is 53.0 Å². The summed E-state index contributed by atoms with van der Waals surface area (Å²) in [5.41, 5.74) is 2.10. The summed E-state index contributed by atoms with van der Waals surface area (Å²) in [7, 11) is 1.36. The molecule has 0 atom stereocenters. The Hall–Kier alpha value is -2.51. The monoisotopic (exact) mass is 478 g/mol. The minimum absolute atomic E-state index is 0.374. The van der Waals surface area contributed by atoms with Crippen LogP contribution in [-0.2, 0) is 11.3 Å². The van der Waals surface area contributed by atoms with Crippen molar-refractivity contribution in [2.24, 2.45) is 0 Å². The van der Waals surface area contributed by atoms with Gasteiger partial charge in [0.05, 0.1) is 36.5 Å². The standard InChI is InChI=1S/C21H20BrClN2O4/c1-3-28-20-13-18(14-4-6-15(7-5-14)21(26)27-2)24-25(20)10-11-29-19-9-8-16(22)12-17(19)23/h4-9,12-13H,3,10-11H2,1-2H3. The zero-order chi connectivity index (χ0) is 20.8. The first-order chi connectivity index (χ1) is 14.0. The van der Waals surface area contributed by atoms with E-state index >= 15 is 0 Å². The number of hydrogen-bond acceptors (Lipinski definition) is 5. The molecule has 0 fully saturated rings. The van der Waals surface area contributed by atoms with Gasteiger partial charge in [-0.05, 0) is 37.3 Å². The fraction of sp³-hybridized carbons (Fsp3) is 0.238. The highest BCUT2D eigenvalue weighted by molar-refractivity contribution is 9.10. The summed E-state index contributed by atoms with van der Waals surface area (Å²) in [6, 6.07) is 14.4. The summed E-state index contributed by atoms with van der Waals surface area (Å²) >= 11 is 9.56. The molecule has 8 heteroatoms. The first-order valence-corrected chi connectivity index (χ1v) is 10.2. The lowest BCUT2D eigenvalue weighted by Crippen LogP contribution is -2.11. The zero-order valence-electron chi connectivity index (χ0n) is 16.0. The average molecular weight is 480 g/mol. The molecule has 3 rings (SSSR count). The van der Waals surface area contributed by atoms with Crippen LogP contribution in [0.4, 0.5) is 0 Å². The Bertz CT molecular complexity index is 989. The van der Waals surface area contributed by atoms with E-state index in [4.69, 9.17) is 25.8 Å². The van der Waals surface area contributed by atoms with Crippen LogP contribution in [0.5, 0.6) is 11.6 Å². The number of nitrogens with zero attached hydrogens (tertiary/aromatic N) is 2. The first kappa shape index (κ1) is 21.2. The summed E-state index contributed by atoms with van der Waals surface area (Å²) in [6.07, 6.45) is 0. The molecular weight excluding hydrogens is 460 g/mol. The third-order valence-electron chi connectivity index (χ3n) is 4.09. The highest BCUT2D eigenvalue weighted by Gasteiger charge is 2.12. The van der Waals surface area contributed by atoms with Crippen molar-refractivity contribution in [3.63, 3.8) is 0 Å². The molecule has 0 aliphatic heterocycles. The lowest BCUT2D eigenvalue weighted by Gasteiger charge is -2.10. The van der Waals surface area contributed by atoms with Gasteiger partial charge in [0.2, 0.25) is 5.88 Å². The quantitative estimate of drug-likeness (QED) is 0.414. The molecule has 0 amide bonds. The van der Waals surface area contributed by atoms with Gasteiger partial charge < -0.3 is 14.2 Å². The van der Waals surface area contributed by atoms with Crippen LogP contribution in [0.3, 0.4) is 0 Å². The van der Waals surface area contributed by atoms with E-state index in [1.165, 1.54) is 7.11 Å². The summed E-state index contributed by atoms with van der Waals surface area (Å²) in [5.74, 6) is 0.879. The molecule has 0 radical (unpaired) electrons. The number of hydrogen-bond donors (Lipinski definition) is 0. The van der Waals surface area contributed by atoms with Crippen LogP contribution in [-0.4, -0.2) is 36.1 Å². The third-order valence-corrected chi connectivity index (χ3v) is 4.88. The molecule has 2 aromatic carbocycles. The van der Waals surface area contributed by atoms with Gasteiger partial charge in [-0.1, -0.05) is 39.7 Å². The minimum Gasteiger partial charge on any atom is -0.490 e. The van der Waals surface area contributed by atoms with Gasteiger partial charge >= 0.3 is 5.97 Å². The van der Waals surface area contributed by atoms with Crippen LogP contribution >= 0.6 is 27.5 Å². The molecule has 3 aromatic rings. The van der Waals surface area contributed by atoms with Crippen molar-refractivity contribution in [3.8, 4) is 22.9 Å². The molecule has 0 unspecified atom stereocenters. The van der Waals surface area contributed by atoms with Crippen molar-refractivity contribution in [1.29, 1.82) is 0 Å². The number of methoxy groups -OCH3 is 1. The maximum atomic E-state index is 11.6. The maximum absolute atomic E-state index is 11.6. The molecule has 0 saturated carbocycles. The summed E-state index contributed by atoms with van der Waals surface area (Å²) in [5, 5.41) is 5.15. The highest BCUT2D eigenvalue weighted by atomic mass is 79.9. The van der Waals surface area contributed by atoms with Crippen LogP contribution in [0.1, 0.15) is 17.3 Å². The van der Waals surface area contributed by atoms with Gasteiger partial charge in [0.1, 0.15) is 12.4 Å². The number of ether oxygens (including phenoxy) is 3. The van der Waals surface area contributed by atoms with E-state index in [1.54, 1.807) is 22.9 Å². The van der Waals surface area contributed by atoms with Crippen molar-refractivity contribution in [3.05, 3.63) is 63.6 Å². The maximum Gasteiger partial charge on any atom is 0.337 e. The number of carbonyl (C=O) groups excluding carboxylic acids is 1. The van der Waals surface area contributed by atoms with E-state index in [2.05, 4.69) is 21.0 Å². The SMILES string of the molecule is CCOc1cc(-c2ccc(C(=O)OC)cc2)nn1CCOc1ccc(Br)cc1Cl. The number of rotatable bonds is 8. The van der Waals surface area contributed by atoms with Crippen molar-refractivity contribution >= 4 is 33.5 Å². The van der Waals surface area contributed by atoms with Gasteiger partial charge in [-0.2, -0.15) is 5.10 Å². The van der Waals surface area contributed by atoms with E-state index in [-0.39, 0.29) is 5.97 Å². The van der Waals surface area contributed by atoms with Gasteiger partial charge in [0.15, 0.2) is 0 Å². The molecule has 1 heterocycles. The molecule has 1 aromatic heterocycles. The highest BCUT2D eigenvalue weighted by Crippen LogP contribution is 2.28. The fourth-order valence-corrected chi connectivity index (χ4v) is 3.42. The van der Waals surface area contributed by atoms with Gasteiger partial charge in [0.25, 0.3) is 0 Å². The molecule has 29 heavy (non-hydrogen) atoms. The second-order valence-electron chi connectivity index (χ2n) is 6.02. The Kier molecular flexibility index (Phi) is 7.17. The van der Waals surface area contributed by atoms with Crippen molar-refractivity contribution < 1.29 is 19.0 Å². The van der Waals surface area contributed by atoms with Crippen LogP contribution < -0.4 is 9.47 Å². The van der Waals surface area contributed by atoms with Gasteiger partial charge in [-0.3, -0.25) is 0 Å². The van der Waals surface area contributed by atoms with Crippen molar-refractivity contribution in [1.82, 2.24) is 9.78 Å². The molecule has 0 saturated heterocycles. The molecule has 0 aliphatic carbocycles. The second-order valence-corrected chi connectivity index (χ2v) is 7.34. The van der Waals surface area contributed by atoms with Crippen LogP contribution in [0, 0.1) is 0 Å². The van der Waals surface area contributed by atoms with Gasteiger partial charge in [-0.25, -0.2) is 9.48 Å². The largest absolute Gasteiger partial charge is 0.490 e. The number of esters is 1. The molecule has 0 N–H and O–H groups in total. The van der Waals surface area contributed by atoms with E-state index in [1.807, 2.05) is 37.3 Å². The summed E-state index contributed by atoms with van der Waals surface area (Å²) in [4.78, 5) is 11.6. The molecule has 152 valence electrons. The van der Waals surface area contributed by atoms with Crippen molar-refractivity contribution in [2.75, 3.05) is 20.3 Å². The predicted octanol–water partition coefficient (Wildman–Crippen LogP) is 5.23. The lowest BCUT2D eigenvalue weighted by atomic mass is 10.1. The van der Waals surface area contributed by atoms with Crippen LogP contribution in [0.2, 0.25) is 5.02 Å². The lowest BCUT2D eigenvalue weighted by molar-refractivity contribution is 0.0600. The third kappa shape index (κ3) is 5.31. The van der Waals surface area contributed by atoms with E-state index in [0.29, 0.717) is 42.0 Å². The smallest absolute Gasteiger partial charge is 0.337 e. The van der Waals surface area contributed by atoms with Gasteiger partial charge in [-0.15, -0.1) is 0 Å². The Morgan fingerprint density at radius 3 is 2.55 bits per heavy atom. The number of halogens is 2. The van der Waals surface area contributed by atoms with E-state index < -0.39 is 0 Å². The Labute approximate surface area is 182 Å². The molecule has 6 nitrogen and oxygen atoms in total. The average Bonchev–Trinajstić information content (AvgIpc) is 3.12. The Morgan fingerprint density at radius 1 is 1.14 bits per heavy atom. The second kappa shape index (κ2) is 9.80. The summed E-state index contributed by atoms with van der Waals surface area (Å²) < 4.78 is 18.8. The number of aromatic nitrogens is 2. The number of benzene rings is 2. The van der Waals surface area contributed by atoms with Gasteiger partial charge in [0, 0.05) is 16.1 Å². The summed E-state index contributed by atoms with van der Waals surface area (Å²) in [6.45, 7) is 3.30. The Balaban J connectivity index is 1.73. The molecule has 0 bridgehead atoms. The van der Waals surface area contributed by atoms with E-state index in [9.17, 15) is 4.79 Å². The Morgan fingerprint density at radius 2 is 1.90 bits per heavy atom. The predicted molar refractivity (Wildman–Crippen MR) is 115 cm³/mol. The normalized spacial score (nSPS) is 10.6. The van der Waals surface area contributed by atoms with E-state index in [0.717, 1.165) is 15.7 Å². The topological polar surface area (TPSA) is 62.6 Å². The zero-order valence-corrected chi connectivity index (χ0v) is 18.4. The van der Waals surface area contributed by atoms with Crippen molar-refractivity contribution in [2.45, 2.75) is 13.5 Å². The number of carbonyl (C=O) groups is 1. The molecule has 0 aliphatic rings. The fourth-order valence-electron chi connectivity index (χ4n) is 2.69. The molecule has 0 spiro atoms. The molecular formula is C21H20BrClN2O4. The van der Waals surface area contributed by atoms with Crippen LogP contribution in [0.25, 0.3) is 11.3 Å². The minimum atomic E-state index is -0.374. The first-order valence-electron chi connectivity index (χ1n) is 8.99.